The number of hydrogen-bond acceptors (Lipinski definition) is 3. The van der Waals surface area contributed by atoms with E-state index in [2.05, 4.69) is 0 Å². The third kappa shape index (κ3) is 1.86. The molecule has 0 unspecified atom stereocenters. The quantitative estimate of drug-likeness (QED) is 0.445. The standard InChI is InChI=1S/C6H8O5.Ba/c7-3-1-6(2-3,4(8)9)5(10)11;/h3,7H,1-2H2,(H,8,9)(H,10,11);. The second-order valence-corrected chi connectivity index (χ2v) is 2.75. The number of aliphatic hydroxyl groups excluding tert-OH is 1. The molecule has 64 valence electrons. The summed E-state index contributed by atoms with van der Waals surface area (Å²) >= 11 is 0. The van der Waals surface area contributed by atoms with E-state index in [4.69, 9.17) is 15.3 Å². The van der Waals surface area contributed by atoms with Gasteiger partial charge in [0.2, 0.25) is 0 Å². The predicted molar refractivity (Wildman–Crippen MR) is 38.7 cm³/mol. The van der Waals surface area contributed by atoms with Crippen LogP contribution in [-0.4, -0.2) is 82.2 Å². The fourth-order valence-corrected chi connectivity index (χ4v) is 1.19. The molecule has 5 nitrogen and oxygen atoms in total. The molecule has 0 aromatic carbocycles. The average molecular weight is 297 g/mol. The van der Waals surface area contributed by atoms with Gasteiger partial charge < -0.3 is 15.3 Å². The minimum Gasteiger partial charge on any atom is -0.480 e. The monoisotopic (exact) mass is 298 g/mol. The number of carboxylic acids is 2. The number of aliphatic carboxylic acids is 2. The van der Waals surface area contributed by atoms with Gasteiger partial charge in [-0.3, -0.25) is 9.59 Å². The number of carbonyl (C=O) groups is 2. The van der Waals surface area contributed by atoms with Crippen molar-refractivity contribution < 1.29 is 24.9 Å². The van der Waals surface area contributed by atoms with Crippen molar-refractivity contribution in [2.75, 3.05) is 0 Å². The van der Waals surface area contributed by atoms with Gasteiger partial charge >= 0.3 is 11.9 Å². The molecule has 12 heavy (non-hydrogen) atoms. The van der Waals surface area contributed by atoms with Crippen LogP contribution < -0.4 is 0 Å². The Balaban J connectivity index is 0.00000121. The third-order valence-electron chi connectivity index (χ3n) is 1.99. The first kappa shape index (κ1) is 12.5. The number of aliphatic hydroxyl groups is 1. The fraction of sp³-hybridized carbons (Fsp3) is 0.667. The molecule has 0 aromatic rings. The molecule has 0 aliphatic heterocycles. The largest absolute Gasteiger partial charge is 0.480 e. The van der Waals surface area contributed by atoms with Crippen molar-refractivity contribution in [1.29, 1.82) is 0 Å². The van der Waals surface area contributed by atoms with Crippen LogP contribution in [0.3, 0.4) is 0 Å². The molecule has 1 saturated carbocycles. The predicted octanol–water partition coefficient (Wildman–Crippen LogP) is -1.08. The van der Waals surface area contributed by atoms with Gasteiger partial charge in [-0.1, -0.05) is 0 Å². The summed E-state index contributed by atoms with van der Waals surface area (Å²) in [5.74, 6) is -2.73. The molecular weight excluding hydrogens is 289 g/mol. The molecule has 6 heteroatoms. The second kappa shape index (κ2) is 4.12. The van der Waals surface area contributed by atoms with Crippen molar-refractivity contribution >= 4 is 60.8 Å². The van der Waals surface area contributed by atoms with Crippen molar-refractivity contribution in [1.82, 2.24) is 0 Å². The molecule has 3 N–H and O–H groups in total. The maximum atomic E-state index is 10.4. The zero-order valence-electron chi connectivity index (χ0n) is 6.36. The second-order valence-electron chi connectivity index (χ2n) is 2.75. The van der Waals surface area contributed by atoms with Crippen LogP contribution in [0.4, 0.5) is 0 Å². The Labute approximate surface area is 109 Å². The molecule has 0 bridgehead atoms. The first-order chi connectivity index (χ1) is 4.99. The Morgan fingerprint density at radius 3 is 1.58 bits per heavy atom. The van der Waals surface area contributed by atoms with E-state index in [0.717, 1.165) is 0 Å². The maximum Gasteiger partial charge on any atom is 0.321 e. The van der Waals surface area contributed by atoms with Crippen LogP contribution in [0.2, 0.25) is 0 Å². The molecule has 0 saturated heterocycles. The zero-order valence-corrected chi connectivity index (χ0v) is 10.8. The number of hydrogen-bond donors (Lipinski definition) is 3. The van der Waals surface area contributed by atoms with Crippen molar-refractivity contribution in [3.05, 3.63) is 0 Å². The first-order valence-electron chi connectivity index (χ1n) is 3.14. The van der Waals surface area contributed by atoms with Gasteiger partial charge in [-0.15, -0.1) is 0 Å². The smallest absolute Gasteiger partial charge is 0.321 e. The van der Waals surface area contributed by atoms with E-state index in [1.54, 1.807) is 0 Å². The molecule has 0 atom stereocenters. The molecule has 1 fully saturated rings. The van der Waals surface area contributed by atoms with Gasteiger partial charge in [0.1, 0.15) is 0 Å². The van der Waals surface area contributed by atoms with Crippen molar-refractivity contribution in [2.24, 2.45) is 5.41 Å². The van der Waals surface area contributed by atoms with Crippen molar-refractivity contribution in [2.45, 2.75) is 18.9 Å². The molecule has 1 aliphatic carbocycles. The average Bonchev–Trinajstić information content (AvgIpc) is 1.78. The molecular formula is C6H8BaO5. The van der Waals surface area contributed by atoms with E-state index >= 15 is 0 Å². The molecule has 2 radical (unpaired) electrons. The van der Waals surface area contributed by atoms with E-state index in [1.807, 2.05) is 0 Å². The molecule has 1 rings (SSSR count). The summed E-state index contributed by atoms with van der Waals surface area (Å²) in [5.41, 5.74) is -1.72. The van der Waals surface area contributed by atoms with Crippen LogP contribution in [0.25, 0.3) is 0 Å². The number of rotatable bonds is 2. The third-order valence-corrected chi connectivity index (χ3v) is 1.99. The summed E-state index contributed by atoms with van der Waals surface area (Å²) in [4.78, 5) is 20.8. The molecule has 0 aromatic heterocycles. The summed E-state index contributed by atoms with van der Waals surface area (Å²) in [6, 6.07) is 0. The summed E-state index contributed by atoms with van der Waals surface area (Å²) < 4.78 is 0. The Bertz CT molecular complexity index is 192. The van der Waals surface area contributed by atoms with Crippen LogP contribution >= 0.6 is 0 Å². The molecule has 0 heterocycles. The number of carboxylic acid groups (broad SMARTS) is 2. The summed E-state index contributed by atoms with van der Waals surface area (Å²) in [6.07, 6.45) is -1.14. The van der Waals surface area contributed by atoms with E-state index in [1.165, 1.54) is 0 Å². The van der Waals surface area contributed by atoms with Crippen molar-refractivity contribution in [3.8, 4) is 0 Å². The van der Waals surface area contributed by atoms with Gasteiger partial charge in [-0.2, -0.15) is 0 Å². The minimum absolute atomic E-state index is 0. The molecule has 0 spiro atoms. The van der Waals surface area contributed by atoms with Gasteiger partial charge in [0.15, 0.2) is 5.41 Å². The summed E-state index contributed by atoms with van der Waals surface area (Å²) in [7, 11) is 0. The SMILES string of the molecule is O=C(O)C1(C(=O)O)CC(O)C1.[Ba]. The fourth-order valence-electron chi connectivity index (χ4n) is 1.19. The van der Waals surface area contributed by atoms with Crippen LogP contribution in [0.5, 0.6) is 0 Å². The molecule has 0 amide bonds. The van der Waals surface area contributed by atoms with Crippen LogP contribution in [0.1, 0.15) is 12.8 Å². The normalized spacial score (nSPS) is 20.4. The van der Waals surface area contributed by atoms with Gasteiger partial charge in [-0.05, 0) is 0 Å². The van der Waals surface area contributed by atoms with E-state index in [9.17, 15) is 9.59 Å². The van der Waals surface area contributed by atoms with E-state index in [-0.39, 0.29) is 61.7 Å². The van der Waals surface area contributed by atoms with Crippen LogP contribution in [-0.2, 0) is 9.59 Å². The Hall–Kier alpha value is 0.471. The summed E-state index contributed by atoms with van der Waals surface area (Å²) in [5, 5.41) is 25.7. The minimum atomic E-state index is -1.72. The zero-order chi connectivity index (χ0) is 8.65. The summed E-state index contributed by atoms with van der Waals surface area (Å²) in [6.45, 7) is 0. The maximum absolute atomic E-state index is 10.4. The van der Waals surface area contributed by atoms with Crippen molar-refractivity contribution in [3.63, 3.8) is 0 Å². The van der Waals surface area contributed by atoms with E-state index < -0.39 is 23.5 Å². The Morgan fingerprint density at radius 1 is 1.17 bits per heavy atom. The van der Waals surface area contributed by atoms with E-state index in [0.29, 0.717) is 0 Å². The van der Waals surface area contributed by atoms with Gasteiger partial charge in [0, 0.05) is 61.7 Å². The van der Waals surface area contributed by atoms with Crippen LogP contribution in [0, 0.1) is 5.41 Å². The Morgan fingerprint density at radius 2 is 1.50 bits per heavy atom. The Kier molecular flexibility index (Phi) is 4.28. The van der Waals surface area contributed by atoms with Gasteiger partial charge in [0.05, 0.1) is 6.10 Å². The molecule has 1 aliphatic rings. The van der Waals surface area contributed by atoms with Gasteiger partial charge in [-0.25, -0.2) is 0 Å². The van der Waals surface area contributed by atoms with Gasteiger partial charge in [0.25, 0.3) is 0 Å². The topological polar surface area (TPSA) is 94.8 Å². The first-order valence-corrected chi connectivity index (χ1v) is 3.14. The van der Waals surface area contributed by atoms with Crippen LogP contribution in [0.15, 0.2) is 0 Å².